The highest BCUT2D eigenvalue weighted by molar-refractivity contribution is 7.15. The largest absolute Gasteiger partial charge is 0.454 e. The number of thiazole rings is 1. The number of benzene rings is 2. The lowest BCUT2D eigenvalue weighted by Gasteiger charge is -2.38. The Labute approximate surface area is 256 Å². The Balaban J connectivity index is 1.23. The van der Waals surface area contributed by atoms with E-state index in [2.05, 4.69) is 49.1 Å². The third-order valence-corrected chi connectivity index (χ3v) is 14.9. The van der Waals surface area contributed by atoms with Gasteiger partial charge in [-0.2, -0.15) is 0 Å². The van der Waals surface area contributed by atoms with Crippen LogP contribution in [0.15, 0.2) is 42.6 Å². The van der Waals surface area contributed by atoms with Crippen LogP contribution in [0.4, 0.5) is 9.52 Å². The van der Waals surface area contributed by atoms with E-state index >= 15 is 4.39 Å². The van der Waals surface area contributed by atoms with E-state index in [0.29, 0.717) is 33.8 Å². The van der Waals surface area contributed by atoms with Crippen LogP contribution < -0.4 is 14.8 Å². The highest BCUT2D eigenvalue weighted by Crippen LogP contribution is 2.51. The molecule has 6 rings (SSSR count). The third kappa shape index (κ3) is 5.59. The summed E-state index contributed by atoms with van der Waals surface area (Å²) in [5.74, 6) is 0.900. The number of rotatable bonds is 8. The molecule has 1 saturated heterocycles. The molecule has 1 aliphatic carbocycles. The van der Waals surface area contributed by atoms with Gasteiger partial charge in [-0.1, -0.05) is 55.8 Å². The van der Waals surface area contributed by atoms with Crippen molar-refractivity contribution in [2.45, 2.75) is 75.7 Å². The number of aromatic nitrogens is 1. The molecule has 3 aromatic rings. The van der Waals surface area contributed by atoms with E-state index in [1.807, 2.05) is 18.2 Å². The van der Waals surface area contributed by atoms with Crippen LogP contribution in [0.1, 0.15) is 62.1 Å². The molecule has 3 heterocycles. The molecule has 7 nitrogen and oxygen atoms in total. The summed E-state index contributed by atoms with van der Waals surface area (Å²) in [5, 5.41) is 4.00. The first-order valence-electron chi connectivity index (χ1n) is 14.4. The van der Waals surface area contributed by atoms with E-state index in [1.165, 1.54) is 17.4 Å². The monoisotopic (exact) mass is 629 g/mol. The second-order valence-electron chi connectivity index (χ2n) is 13.0. The maximum absolute atomic E-state index is 15.4. The van der Waals surface area contributed by atoms with Crippen molar-refractivity contribution in [2.75, 3.05) is 25.2 Å². The summed E-state index contributed by atoms with van der Waals surface area (Å²) in [7, 11) is -1.96. The molecule has 42 heavy (non-hydrogen) atoms. The van der Waals surface area contributed by atoms with Crippen LogP contribution in [0.3, 0.4) is 0 Å². The fourth-order valence-electron chi connectivity index (χ4n) is 5.58. The third-order valence-electron chi connectivity index (χ3n) is 9.19. The van der Waals surface area contributed by atoms with Crippen molar-refractivity contribution >= 4 is 42.3 Å². The smallest absolute Gasteiger partial charge is 0.236 e. The van der Waals surface area contributed by atoms with Gasteiger partial charge in [-0.25, -0.2) is 9.37 Å². The molecular formula is C31H37ClFN3O4SSi. The molecule has 2 aromatic carbocycles. The number of amides is 1. The fraction of sp³-hybridized carbons (Fsp3) is 0.484. The highest BCUT2D eigenvalue weighted by atomic mass is 35.5. The van der Waals surface area contributed by atoms with Gasteiger partial charge in [-0.3, -0.25) is 9.69 Å². The Kier molecular flexibility index (Phi) is 7.67. The van der Waals surface area contributed by atoms with Crippen molar-refractivity contribution in [1.82, 2.24) is 9.88 Å². The number of carbonyl (C=O) groups excluding carboxylic acids is 1. The van der Waals surface area contributed by atoms with Gasteiger partial charge in [0.25, 0.3) is 0 Å². The van der Waals surface area contributed by atoms with E-state index < -0.39 is 13.7 Å². The molecule has 0 spiro atoms. The number of anilines is 1. The first kappa shape index (κ1) is 29.6. The lowest BCUT2D eigenvalue weighted by atomic mass is 9.94. The molecule has 1 unspecified atom stereocenters. The minimum absolute atomic E-state index is 0.0762. The number of hydrogen-bond donors (Lipinski definition) is 1. The van der Waals surface area contributed by atoms with Gasteiger partial charge in [0.05, 0.1) is 17.6 Å². The van der Waals surface area contributed by atoms with Crippen LogP contribution in [-0.2, 0) is 14.6 Å². The predicted molar refractivity (Wildman–Crippen MR) is 166 cm³/mol. The zero-order valence-electron chi connectivity index (χ0n) is 24.6. The second kappa shape index (κ2) is 10.9. The van der Waals surface area contributed by atoms with Crippen LogP contribution >= 0.6 is 22.9 Å². The minimum atomic E-state index is -1.96. The van der Waals surface area contributed by atoms with Crippen LogP contribution in [0.5, 0.6) is 11.5 Å². The van der Waals surface area contributed by atoms with Gasteiger partial charge in [0.1, 0.15) is 5.82 Å². The zero-order chi connectivity index (χ0) is 29.9. The molecule has 1 amide bonds. The molecule has 224 valence electrons. The Morgan fingerprint density at radius 2 is 1.98 bits per heavy atom. The molecule has 1 N–H and O–H groups in total. The lowest BCUT2D eigenvalue weighted by Crippen LogP contribution is -2.44. The van der Waals surface area contributed by atoms with E-state index in [9.17, 15) is 4.79 Å². The summed E-state index contributed by atoms with van der Waals surface area (Å²) in [6.07, 6.45) is 4.20. The Hall–Kier alpha value is -2.50. The van der Waals surface area contributed by atoms with Crippen LogP contribution in [-0.4, -0.2) is 50.1 Å². The van der Waals surface area contributed by atoms with Gasteiger partial charge in [-0.15, -0.1) is 0 Å². The predicted octanol–water partition coefficient (Wildman–Crippen LogP) is 7.52. The Bertz CT molecular complexity index is 1510. The summed E-state index contributed by atoms with van der Waals surface area (Å²) < 4.78 is 33.1. The molecular weight excluding hydrogens is 593 g/mol. The standard InChI is InChI=1S/C31H37ClFN3O4SSi/c1-30(2,3)42(4,5)40-21-10-13-36(17-21)27(22-8-7-20(32)15-23(22)33)26-16-34-29(41-26)35-28(37)31(11-12-31)19-6-9-24-25(14-19)39-18-38-24/h6-9,14-16,21,27H,10-13,17-18H2,1-5H3,(H,34,35,37)/t21?,27-/m0/s1. The summed E-state index contributed by atoms with van der Waals surface area (Å²) in [6, 6.07) is 10.1. The van der Waals surface area contributed by atoms with Crippen molar-refractivity contribution in [2.24, 2.45) is 0 Å². The van der Waals surface area contributed by atoms with Crippen molar-refractivity contribution < 1.29 is 23.1 Å². The number of hydrogen-bond acceptors (Lipinski definition) is 7. The fourth-order valence-corrected chi connectivity index (χ4v) is 8.09. The molecule has 0 radical (unpaired) electrons. The lowest BCUT2D eigenvalue weighted by molar-refractivity contribution is -0.118. The van der Waals surface area contributed by atoms with E-state index in [0.717, 1.165) is 36.2 Å². The molecule has 2 atom stereocenters. The molecule has 3 aliphatic rings. The average Bonchev–Trinajstić information content (AvgIpc) is 3.22. The first-order chi connectivity index (χ1) is 19.9. The van der Waals surface area contributed by atoms with Gasteiger partial charge >= 0.3 is 0 Å². The summed E-state index contributed by atoms with van der Waals surface area (Å²) in [4.78, 5) is 21.2. The van der Waals surface area contributed by atoms with Gasteiger partial charge in [0.2, 0.25) is 12.7 Å². The van der Waals surface area contributed by atoms with E-state index in [1.54, 1.807) is 18.3 Å². The molecule has 0 bridgehead atoms. The molecule has 1 saturated carbocycles. The second-order valence-corrected chi connectivity index (χ2v) is 19.3. The highest BCUT2D eigenvalue weighted by Gasteiger charge is 2.52. The zero-order valence-corrected chi connectivity index (χ0v) is 27.2. The maximum Gasteiger partial charge on any atom is 0.236 e. The SMILES string of the molecule is CC(C)(C)[Si](C)(C)OC1CCN([C@H](c2cnc(NC(=O)C3(c4ccc5c(c4)OCO5)CC3)s2)c2ccc(Cl)cc2F)C1. The summed E-state index contributed by atoms with van der Waals surface area (Å²) >= 11 is 7.50. The van der Waals surface area contributed by atoms with Gasteiger partial charge in [0, 0.05) is 34.7 Å². The van der Waals surface area contributed by atoms with Crippen LogP contribution in [0.25, 0.3) is 0 Å². The molecule has 2 fully saturated rings. The Morgan fingerprint density at radius 3 is 2.69 bits per heavy atom. The maximum atomic E-state index is 15.4. The summed E-state index contributed by atoms with van der Waals surface area (Å²) in [6.45, 7) is 12.9. The van der Waals surface area contributed by atoms with Crippen molar-refractivity contribution in [3.63, 3.8) is 0 Å². The van der Waals surface area contributed by atoms with Crippen LogP contribution in [0.2, 0.25) is 23.2 Å². The Morgan fingerprint density at radius 1 is 1.21 bits per heavy atom. The number of fused-ring (bicyclic) bond motifs is 1. The molecule has 11 heteroatoms. The average molecular weight is 630 g/mol. The quantitative estimate of drug-likeness (QED) is 0.260. The van der Waals surface area contributed by atoms with Gasteiger partial charge in [-0.05, 0) is 67.2 Å². The number of nitrogens with zero attached hydrogens (tertiary/aromatic N) is 2. The van der Waals surface area contributed by atoms with Crippen LogP contribution in [0, 0.1) is 5.82 Å². The number of likely N-dealkylation sites (tertiary alicyclic amines) is 1. The van der Waals surface area contributed by atoms with Gasteiger partial charge in [0.15, 0.2) is 24.9 Å². The number of halogens is 2. The van der Waals surface area contributed by atoms with Crippen molar-refractivity contribution in [1.29, 1.82) is 0 Å². The molecule has 1 aromatic heterocycles. The van der Waals surface area contributed by atoms with Crippen molar-refractivity contribution in [3.8, 4) is 11.5 Å². The topological polar surface area (TPSA) is 72.9 Å². The van der Waals surface area contributed by atoms with E-state index in [-0.39, 0.29) is 35.7 Å². The summed E-state index contributed by atoms with van der Waals surface area (Å²) in [5.41, 5.74) is 0.831. The normalized spacial score (nSPS) is 20.5. The number of carbonyl (C=O) groups is 1. The van der Waals surface area contributed by atoms with Crippen molar-refractivity contribution in [3.05, 3.63) is 69.4 Å². The minimum Gasteiger partial charge on any atom is -0.454 e. The number of nitrogens with one attached hydrogen (secondary N) is 1. The molecule has 2 aliphatic heterocycles. The van der Waals surface area contributed by atoms with E-state index in [4.69, 9.17) is 25.5 Å². The number of ether oxygens (including phenoxy) is 2. The first-order valence-corrected chi connectivity index (χ1v) is 18.5. The van der Waals surface area contributed by atoms with Gasteiger partial charge < -0.3 is 19.2 Å².